The third-order valence-corrected chi connectivity index (χ3v) is 2.87. The smallest absolute Gasteiger partial charge is 0.153 e. The molecule has 3 nitrogen and oxygen atoms in total. The van der Waals surface area contributed by atoms with Gasteiger partial charge in [0.15, 0.2) is 11.0 Å². The van der Waals surface area contributed by atoms with Crippen LogP contribution in [0, 0.1) is 0 Å². The molecular weight excluding hydrogens is 209 g/mol. The third kappa shape index (κ3) is 1.71. The molecule has 0 N–H and O–H groups in total. The van der Waals surface area contributed by atoms with Crippen LogP contribution in [0.25, 0.3) is 0 Å². The van der Waals surface area contributed by atoms with Crippen LogP contribution in [0.3, 0.4) is 0 Å². The Morgan fingerprint density at radius 2 is 1.85 bits per heavy atom. The quantitative estimate of drug-likeness (QED) is 0.677. The number of hydrogen-bond acceptors (Lipinski definition) is 3. The molecule has 2 rings (SSSR count). The average molecular weight is 218 g/mol. The van der Waals surface area contributed by atoms with E-state index in [0.717, 1.165) is 18.9 Å². The molecule has 1 fully saturated rings. The molecule has 1 aromatic rings. The summed E-state index contributed by atoms with van der Waals surface area (Å²) in [7, 11) is 0. The molecule has 1 aliphatic rings. The van der Waals surface area contributed by atoms with Gasteiger partial charge < -0.3 is 4.90 Å². The summed E-state index contributed by atoms with van der Waals surface area (Å²) >= 11 is 11.8. The summed E-state index contributed by atoms with van der Waals surface area (Å²) in [6.45, 7) is 2.01. The minimum absolute atomic E-state index is 0.332. The van der Waals surface area contributed by atoms with Crippen molar-refractivity contribution in [2.24, 2.45) is 0 Å². The van der Waals surface area contributed by atoms with Crippen LogP contribution in [-0.4, -0.2) is 23.1 Å². The summed E-state index contributed by atoms with van der Waals surface area (Å²) in [4.78, 5) is 10.1. The lowest BCUT2D eigenvalue weighted by Crippen LogP contribution is -2.19. The summed E-state index contributed by atoms with van der Waals surface area (Å²) in [6.07, 6.45) is 3.83. The normalized spacial score (nSPS) is 16.6. The van der Waals surface area contributed by atoms with E-state index in [-0.39, 0.29) is 0 Å². The van der Waals surface area contributed by atoms with Gasteiger partial charge >= 0.3 is 0 Å². The maximum Gasteiger partial charge on any atom is 0.153 e. The molecule has 70 valence electrons. The van der Waals surface area contributed by atoms with Gasteiger partial charge in [0, 0.05) is 13.1 Å². The van der Waals surface area contributed by atoms with Gasteiger partial charge in [0.2, 0.25) is 0 Å². The Bertz CT molecular complexity index is 310. The molecule has 0 atom stereocenters. The maximum absolute atomic E-state index is 5.97. The highest BCUT2D eigenvalue weighted by atomic mass is 35.5. The van der Waals surface area contributed by atoms with E-state index in [1.165, 1.54) is 19.2 Å². The van der Waals surface area contributed by atoms with Crippen molar-refractivity contribution in [3.63, 3.8) is 0 Å². The maximum atomic E-state index is 5.97. The third-order valence-electron chi connectivity index (χ3n) is 2.13. The van der Waals surface area contributed by atoms with E-state index < -0.39 is 0 Å². The minimum Gasteiger partial charge on any atom is -0.355 e. The fourth-order valence-electron chi connectivity index (χ4n) is 1.49. The highest BCUT2D eigenvalue weighted by molar-refractivity contribution is 6.42. The Labute approximate surface area is 86.7 Å². The molecular formula is C8H9Cl2N3. The van der Waals surface area contributed by atoms with E-state index in [1.807, 2.05) is 0 Å². The zero-order valence-corrected chi connectivity index (χ0v) is 8.52. The molecule has 0 bridgehead atoms. The van der Waals surface area contributed by atoms with Gasteiger partial charge in [-0.3, -0.25) is 0 Å². The van der Waals surface area contributed by atoms with Crippen LogP contribution in [0.15, 0.2) is 6.33 Å². The summed E-state index contributed by atoms with van der Waals surface area (Å²) in [6, 6.07) is 0. The van der Waals surface area contributed by atoms with Crippen molar-refractivity contribution in [3.05, 3.63) is 16.5 Å². The van der Waals surface area contributed by atoms with E-state index in [1.54, 1.807) is 0 Å². The first-order valence-electron chi connectivity index (χ1n) is 4.20. The van der Waals surface area contributed by atoms with Crippen molar-refractivity contribution < 1.29 is 0 Å². The fourth-order valence-corrected chi connectivity index (χ4v) is 1.83. The topological polar surface area (TPSA) is 29.0 Å². The second-order valence-electron chi connectivity index (χ2n) is 3.00. The van der Waals surface area contributed by atoms with Crippen molar-refractivity contribution in [1.29, 1.82) is 0 Å². The molecule has 0 amide bonds. The molecule has 1 saturated heterocycles. The largest absolute Gasteiger partial charge is 0.355 e. The van der Waals surface area contributed by atoms with Gasteiger partial charge in [0.1, 0.15) is 11.3 Å². The molecule has 0 saturated carbocycles. The molecule has 0 aliphatic carbocycles. The second-order valence-corrected chi connectivity index (χ2v) is 3.73. The summed E-state index contributed by atoms with van der Waals surface area (Å²) < 4.78 is 0. The molecule has 13 heavy (non-hydrogen) atoms. The van der Waals surface area contributed by atoms with E-state index in [4.69, 9.17) is 23.2 Å². The van der Waals surface area contributed by atoms with Crippen molar-refractivity contribution in [2.45, 2.75) is 12.8 Å². The first kappa shape index (κ1) is 9.03. The van der Waals surface area contributed by atoms with Crippen molar-refractivity contribution >= 4 is 29.0 Å². The molecule has 2 heterocycles. The Balaban J connectivity index is 2.33. The van der Waals surface area contributed by atoms with Gasteiger partial charge in [0.05, 0.1) is 0 Å². The lowest BCUT2D eigenvalue weighted by molar-refractivity contribution is 0.927. The Hall–Kier alpha value is -0.540. The Morgan fingerprint density at radius 1 is 1.15 bits per heavy atom. The highest BCUT2D eigenvalue weighted by Gasteiger charge is 2.17. The predicted molar refractivity (Wildman–Crippen MR) is 53.5 cm³/mol. The molecule has 1 aromatic heterocycles. The number of halogens is 2. The van der Waals surface area contributed by atoms with Crippen LogP contribution < -0.4 is 4.90 Å². The standard InChI is InChI=1S/C8H9Cl2N3/c9-6-7(10)11-5-12-8(6)13-3-1-2-4-13/h5H,1-4H2. The SMILES string of the molecule is Clc1ncnc(N2CCCC2)c1Cl. The van der Waals surface area contributed by atoms with Gasteiger partial charge in [0.25, 0.3) is 0 Å². The lowest BCUT2D eigenvalue weighted by atomic mass is 10.4. The molecule has 0 spiro atoms. The second kappa shape index (κ2) is 3.68. The number of hydrogen-bond donors (Lipinski definition) is 0. The van der Waals surface area contributed by atoms with Crippen LogP contribution in [0.1, 0.15) is 12.8 Å². The first-order valence-corrected chi connectivity index (χ1v) is 4.95. The van der Waals surface area contributed by atoms with Crippen LogP contribution >= 0.6 is 23.2 Å². The average Bonchev–Trinajstić information content (AvgIpc) is 2.62. The number of nitrogens with zero attached hydrogens (tertiary/aromatic N) is 3. The number of rotatable bonds is 1. The molecule has 0 radical (unpaired) electrons. The molecule has 1 aliphatic heterocycles. The van der Waals surface area contributed by atoms with E-state index in [2.05, 4.69) is 14.9 Å². The van der Waals surface area contributed by atoms with Gasteiger partial charge in [-0.25, -0.2) is 9.97 Å². The molecule has 0 unspecified atom stereocenters. The zero-order chi connectivity index (χ0) is 9.26. The molecule has 5 heteroatoms. The van der Waals surface area contributed by atoms with Gasteiger partial charge in [-0.2, -0.15) is 0 Å². The number of aromatic nitrogens is 2. The van der Waals surface area contributed by atoms with Gasteiger partial charge in [-0.1, -0.05) is 23.2 Å². The van der Waals surface area contributed by atoms with E-state index >= 15 is 0 Å². The van der Waals surface area contributed by atoms with Crippen LogP contribution in [0.5, 0.6) is 0 Å². The van der Waals surface area contributed by atoms with Crippen molar-refractivity contribution in [3.8, 4) is 0 Å². The van der Waals surface area contributed by atoms with Gasteiger partial charge in [-0.15, -0.1) is 0 Å². The predicted octanol–water partition coefficient (Wildman–Crippen LogP) is 2.38. The van der Waals surface area contributed by atoms with E-state index in [0.29, 0.717) is 10.2 Å². The lowest BCUT2D eigenvalue weighted by Gasteiger charge is -2.17. The molecule has 0 aromatic carbocycles. The Kier molecular flexibility index (Phi) is 2.56. The minimum atomic E-state index is 0.332. The zero-order valence-electron chi connectivity index (χ0n) is 7.00. The highest BCUT2D eigenvalue weighted by Crippen LogP contribution is 2.30. The summed E-state index contributed by atoms with van der Waals surface area (Å²) in [5.74, 6) is 0.763. The van der Waals surface area contributed by atoms with E-state index in [9.17, 15) is 0 Å². The first-order chi connectivity index (χ1) is 6.29. The van der Waals surface area contributed by atoms with Crippen LogP contribution in [0.2, 0.25) is 10.2 Å². The Morgan fingerprint density at radius 3 is 2.54 bits per heavy atom. The van der Waals surface area contributed by atoms with Crippen molar-refractivity contribution in [1.82, 2.24) is 9.97 Å². The van der Waals surface area contributed by atoms with Crippen LogP contribution in [-0.2, 0) is 0 Å². The summed E-state index contributed by atoms with van der Waals surface area (Å²) in [5, 5.41) is 0.796. The van der Waals surface area contributed by atoms with Crippen LogP contribution in [0.4, 0.5) is 5.82 Å². The van der Waals surface area contributed by atoms with Gasteiger partial charge in [-0.05, 0) is 12.8 Å². The monoisotopic (exact) mass is 217 g/mol. The van der Waals surface area contributed by atoms with Crippen molar-refractivity contribution in [2.75, 3.05) is 18.0 Å². The summed E-state index contributed by atoms with van der Waals surface area (Å²) in [5.41, 5.74) is 0. The number of anilines is 1. The fraction of sp³-hybridized carbons (Fsp3) is 0.500.